The number of oxime groups is 1. The van der Waals surface area contributed by atoms with Gasteiger partial charge in [0.05, 0.1) is 28.2 Å². The van der Waals surface area contributed by atoms with Gasteiger partial charge in [-0.05, 0) is 19.9 Å². The van der Waals surface area contributed by atoms with Gasteiger partial charge in [0.1, 0.15) is 0 Å². The van der Waals surface area contributed by atoms with E-state index in [2.05, 4.69) is 15.2 Å². The minimum absolute atomic E-state index is 0.0124. The van der Waals surface area contributed by atoms with Crippen LogP contribution in [0.5, 0.6) is 0 Å². The first-order valence-corrected chi connectivity index (χ1v) is 5.57. The molecule has 0 bridgehead atoms. The number of hydrogen-bond donors (Lipinski definition) is 2. The van der Waals surface area contributed by atoms with Crippen LogP contribution in [0, 0.1) is 13.8 Å². The van der Waals surface area contributed by atoms with E-state index >= 15 is 0 Å². The molecule has 94 valence electrons. The fraction of sp³-hybridized carbons (Fsp3) is 0.182. The second-order valence-corrected chi connectivity index (χ2v) is 4.27. The van der Waals surface area contributed by atoms with Gasteiger partial charge in [0.15, 0.2) is 5.84 Å². The Bertz CT molecular complexity index is 620. The van der Waals surface area contributed by atoms with Crippen LogP contribution in [-0.4, -0.2) is 25.8 Å². The summed E-state index contributed by atoms with van der Waals surface area (Å²) < 4.78 is 1.57. The van der Waals surface area contributed by atoms with Crippen LogP contribution in [0.2, 0.25) is 5.02 Å². The Morgan fingerprint density at radius 2 is 2.22 bits per heavy atom. The highest BCUT2D eigenvalue weighted by molar-refractivity contribution is 6.30. The van der Waals surface area contributed by atoms with Crippen molar-refractivity contribution >= 4 is 17.4 Å². The third-order valence-electron chi connectivity index (χ3n) is 2.47. The predicted molar refractivity (Wildman–Crippen MR) is 68.4 cm³/mol. The molecule has 0 aliphatic heterocycles. The number of aromatic nitrogens is 3. The minimum Gasteiger partial charge on any atom is -0.409 e. The van der Waals surface area contributed by atoms with E-state index in [0.717, 1.165) is 5.69 Å². The Hall–Kier alpha value is -2.08. The average Bonchev–Trinajstić information content (AvgIpc) is 2.74. The molecule has 18 heavy (non-hydrogen) atoms. The summed E-state index contributed by atoms with van der Waals surface area (Å²) in [5, 5.41) is 16.5. The largest absolute Gasteiger partial charge is 0.409 e. The Balaban J connectivity index is 2.72. The summed E-state index contributed by atoms with van der Waals surface area (Å²) in [5.41, 5.74) is 8.34. The number of aryl methyl sites for hydroxylation is 2. The fourth-order valence-electron chi connectivity index (χ4n) is 1.79. The van der Waals surface area contributed by atoms with Gasteiger partial charge in [0, 0.05) is 11.9 Å². The molecule has 0 saturated heterocycles. The lowest BCUT2D eigenvalue weighted by molar-refractivity contribution is 0.318. The van der Waals surface area contributed by atoms with Gasteiger partial charge in [0.2, 0.25) is 0 Å². The summed E-state index contributed by atoms with van der Waals surface area (Å²) in [6.45, 7) is 3.65. The molecule has 0 saturated carbocycles. The molecule has 6 nitrogen and oxygen atoms in total. The quantitative estimate of drug-likeness (QED) is 0.374. The average molecular weight is 266 g/mol. The fourth-order valence-corrected chi connectivity index (χ4v) is 1.92. The smallest absolute Gasteiger partial charge is 0.174 e. The Morgan fingerprint density at radius 1 is 1.50 bits per heavy atom. The normalized spacial score (nSPS) is 11.8. The highest BCUT2D eigenvalue weighted by Gasteiger charge is 2.15. The van der Waals surface area contributed by atoms with Crippen molar-refractivity contribution < 1.29 is 5.21 Å². The first kappa shape index (κ1) is 12.4. The van der Waals surface area contributed by atoms with E-state index in [1.165, 1.54) is 6.20 Å². The predicted octanol–water partition coefficient (Wildman–Crippen LogP) is 1.63. The number of pyridine rings is 1. The Labute approximate surface area is 109 Å². The van der Waals surface area contributed by atoms with Crippen molar-refractivity contribution in [2.45, 2.75) is 13.8 Å². The minimum atomic E-state index is -0.0124. The zero-order valence-electron chi connectivity index (χ0n) is 9.92. The second-order valence-electron chi connectivity index (χ2n) is 3.83. The van der Waals surface area contributed by atoms with Gasteiger partial charge < -0.3 is 10.9 Å². The van der Waals surface area contributed by atoms with E-state index in [1.54, 1.807) is 23.9 Å². The van der Waals surface area contributed by atoms with Gasteiger partial charge in [-0.15, -0.1) is 0 Å². The molecular weight excluding hydrogens is 254 g/mol. The van der Waals surface area contributed by atoms with Crippen LogP contribution in [0.3, 0.4) is 0 Å². The molecule has 0 amide bonds. The molecule has 2 rings (SSSR count). The third-order valence-corrected chi connectivity index (χ3v) is 2.66. The molecular formula is C11H12ClN5O. The molecule has 0 fully saturated rings. The van der Waals surface area contributed by atoms with Crippen molar-refractivity contribution in [1.29, 1.82) is 0 Å². The van der Waals surface area contributed by atoms with Crippen molar-refractivity contribution in [1.82, 2.24) is 14.8 Å². The second kappa shape index (κ2) is 4.66. The molecule has 2 heterocycles. The van der Waals surface area contributed by atoms with Gasteiger partial charge in [-0.3, -0.25) is 4.98 Å². The molecule has 2 aromatic heterocycles. The third kappa shape index (κ3) is 2.14. The van der Waals surface area contributed by atoms with Crippen LogP contribution in [-0.2, 0) is 0 Å². The van der Waals surface area contributed by atoms with Crippen LogP contribution < -0.4 is 5.73 Å². The van der Waals surface area contributed by atoms with Crippen molar-refractivity contribution in [3.05, 3.63) is 40.4 Å². The number of nitrogens with two attached hydrogens (primary N) is 1. The SMILES string of the molecule is Cc1cc(-n2cc(Cl)cn2)c(/C(N)=N/O)c(C)n1. The molecule has 0 spiro atoms. The molecule has 0 aliphatic rings. The zero-order valence-corrected chi connectivity index (χ0v) is 10.7. The molecule has 0 aliphatic carbocycles. The van der Waals surface area contributed by atoms with E-state index in [0.29, 0.717) is 22.0 Å². The Morgan fingerprint density at radius 3 is 2.78 bits per heavy atom. The Kier molecular flexibility index (Phi) is 3.20. The number of nitrogens with zero attached hydrogens (tertiary/aromatic N) is 4. The van der Waals surface area contributed by atoms with Crippen LogP contribution in [0.25, 0.3) is 5.69 Å². The molecule has 0 aromatic carbocycles. The molecule has 0 unspecified atom stereocenters. The van der Waals surface area contributed by atoms with Gasteiger partial charge in [-0.25, -0.2) is 4.68 Å². The van der Waals surface area contributed by atoms with E-state index < -0.39 is 0 Å². The molecule has 2 aromatic rings. The lowest BCUT2D eigenvalue weighted by Crippen LogP contribution is -2.19. The summed E-state index contributed by atoms with van der Waals surface area (Å²) in [6.07, 6.45) is 3.16. The van der Waals surface area contributed by atoms with Crippen LogP contribution in [0.1, 0.15) is 17.0 Å². The summed E-state index contributed by atoms with van der Waals surface area (Å²) in [7, 11) is 0. The van der Waals surface area contributed by atoms with Gasteiger partial charge in [-0.1, -0.05) is 16.8 Å². The number of rotatable bonds is 2. The molecule has 0 radical (unpaired) electrons. The first-order chi connectivity index (χ1) is 8.52. The first-order valence-electron chi connectivity index (χ1n) is 5.19. The van der Waals surface area contributed by atoms with E-state index in [9.17, 15) is 0 Å². The van der Waals surface area contributed by atoms with E-state index in [-0.39, 0.29) is 5.84 Å². The lowest BCUT2D eigenvalue weighted by atomic mass is 10.1. The van der Waals surface area contributed by atoms with Crippen molar-refractivity contribution in [3.63, 3.8) is 0 Å². The molecule has 7 heteroatoms. The van der Waals surface area contributed by atoms with Crippen molar-refractivity contribution in [3.8, 4) is 5.69 Å². The number of hydrogen-bond acceptors (Lipinski definition) is 4. The van der Waals surface area contributed by atoms with E-state index in [4.69, 9.17) is 22.5 Å². The van der Waals surface area contributed by atoms with Crippen LogP contribution in [0.4, 0.5) is 0 Å². The standard InChI is InChI=1S/C11H12ClN5O/c1-6-3-9(17-5-8(12)4-14-17)10(7(2)15-6)11(13)16-18/h3-5,18H,1-2H3,(H2,13,16). The van der Waals surface area contributed by atoms with Crippen molar-refractivity contribution in [2.75, 3.05) is 0 Å². The molecule has 3 N–H and O–H groups in total. The summed E-state index contributed by atoms with van der Waals surface area (Å²) >= 11 is 5.85. The van der Waals surface area contributed by atoms with Crippen molar-refractivity contribution in [2.24, 2.45) is 10.9 Å². The number of amidine groups is 1. The van der Waals surface area contributed by atoms with Crippen LogP contribution >= 0.6 is 11.6 Å². The van der Waals surface area contributed by atoms with Gasteiger partial charge >= 0.3 is 0 Å². The van der Waals surface area contributed by atoms with Gasteiger partial charge in [0.25, 0.3) is 0 Å². The van der Waals surface area contributed by atoms with Crippen LogP contribution in [0.15, 0.2) is 23.6 Å². The zero-order chi connectivity index (χ0) is 13.3. The highest BCUT2D eigenvalue weighted by Crippen LogP contribution is 2.19. The maximum atomic E-state index is 8.84. The topological polar surface area (TPSA) is 89.3 Å². The lowest BCUT2D eigenvalue weighted by Gasteiger charge is -2.11. The van der Waals surface area contributed by atoms with E-state index in [1.807, 2.05) is 6.92 Å². The summed E-state index contributed by atoms with van der Waals surface area (Å²) in [6, 6.07) is 1.80. The summed E-state index contributed by atoms with van der Waals surface area (Å²) in [5.74, 6) is -0.0124. The maximum Gasteiger partial charge on any atom is 0.174 e. The summed E-state index contributed by atoms with van der Waals surface area (Å²) in [4.78, 5) is 4.29. The number of halogens is 1. The highest BCUT2D eigenvalue weighted by atomic mass is 35.5. The maximum absolute atomic E-state index is 8.84. The monoisotopic (exact) mass is 265 g/mol. The molecule has 0 atom stereocenters. The van der Waals surface area contributed by atoms with Gasteiger partial charge in [-0.2, -0.15) is 5.10 Å².